The Morgan fingerprint density at radius 3 is 2.34 bits per heavy atom. The standard InChI is InChI=1S/C36H47F2N5O4/c1-36(2,3)47-35(45)41-19-17-23(18-20-41)40(4)25-12-16-31-30(22-25)39-34(43(31)24-9-13-27(46-5)14-10-24)32-7-6-8-33(44)42(32)26-11-15-28(37)29(38)21-26/h11-12,15-16,21-24,27,32H,6-10,13-14,17-20H2,1-5H3/t24?,27?,32-/m0/s1. The average Bonchev–Trinajstić information content (AvgIpc) is 3.43. The third kappa shape index (κ3) is 6.96. The minimum Gasteiger partial charge on any atom is -0.444 e. The smallest absolute Gasteiger partial charge is 0.410 e. The van der Waals surface area contributed by atoms with Crippen molar-refractivity contribution in [2.24, 2.45) is 0 Å². The second-order valence-electron chi connectivity index (χ2n) is 14.3. The molecule has 2 amide bonds. The molecule has 9 nitrogen and oxygen atoms in total. The highest BCUT2D eigenvalue weighted by atomic mass is 19.2. The summed E-state index contributed by atoms with van der Waals surface area (Å²) in [6.07, 6.45) is 7.01. The molecule has 0 bridgehead atoms. The van der Waals surface area contributed by atoms with Crippen molar-refractivity contribution in [3.8, 4) is 0 Å². The van der Waals surface area contributed by atoms with E-state index in [4.69, 9.17) is 14.5 Å². The van der Waals surface area contributed by atoms with Crippen molar-refractivity contribution >= 4 is 34.4 Å². The summed E-state index contributed by atoms with van der Waals surface area (Å²) in [6.45, 7) is 6.90. The van der Waals surface area contributed by atoms with E-state index in [1.165, 1.54) is 6.07 Å². The number of ether oxygens (including phenoxy) is 2. The summed E-state index contributed by atoms with van der Waals surface area (Å²) in [5.74, 6) is -1.25. The molecule has 0 N–H and O–H groups in total. The molecule has 2 aromatic carbocycles. The minimum absolute atomic E-state index is 0.118. The van der Waals surface area contributed by atoms with Crippen molar-refractivity contribution in [3.63, 3.8) is 0 Å². The lowest BCUT2D eigenvalue weighted by Gasteiger charge is -2.38. The second-order valence-corrected chi connectivity index (χ2v) is 14.3. The molecule has 3 fully saturated rings. The van der Waals surface area contributed by atoms with Gasteiger partial charge in [-0.25, -0.2) is 18.6 Å². The molecule has 1 saturated carbocycles. The van der Waals surface area contributed by atoms with Gasteiger partial charge in [-0.3, -0.25) is 4.79 Å². The number of anilines is 2. The number of hydrogen-bond donors (Lipinski definition) is 0. The molecule has 0 unspecified atom stereocenters. The van der Waals surface area contributed by atoms with E-state index in [0.29, 0.717) is 38.0 Å². The molecular formula is C36H47F2N5O4. The lowest BCUT2D eigenvalue weighted by Crippen LogP contribution is -2.47. The first-order valence-electron chi connectivity index (χ1n) is 17.0. The highest BCUT2D eigenvalue weighted by Crippen LogP contribution is 2.42. The zero-order chi connectivity index (χ0) is 33.5. The molecule has 0 radical (unpaired) electrons. The van der Waals surface area contributed by atoms with Crippen LogP contribution in [0.25, 0.3) is 11.0 Å². The normalized spacial score (nSPS) is 23.0. The van der Waals surface area contributed by atoms with Gasteiger partial charge in [-0.2, -0.15) is 0 Å². The van der Waals surface area contributed by atoms with Crippen LogP contribution in [0.3, 0.4) is 0 Å². The number of fused-ring (bicyclic) bond motifs is 1. The van der Waals surface area contributed by atoms with Gasteiger partial charge in [0, 0.05) is 63.2 Å². The van der Waals surface area contributed by atoms with Crippen LogP contribution in [-0.2, 0) is 14.3 Å². The quantitative estimate of drug-likeness (QED) is 0.274. The maximum atomic E-state index is 14.4. The molecule has 3 aliphatic rings. The van der Waals surface area contributed by atoms with Crippen LogP contribution in [0.5, 0.6) is 0 Å². The first-order valence-corrected chi connectivity index (χ1v) is 17.0. The Bertz CT molecular complexity index is 1600. The summed E-state index contributed by atoms with van der Waals surface area (Å²) in [5, 5.41) is 0. The Balaban J connectivity index is 1.32. The Morgan fingerprint density at radius 1 is 0.957 bits per heavy atom. The van der Waals surface area contributed by atoms with Gasteiger partial charge in [0.2, 0.25) is 5.91 Å². The van der Waals surface area contributed by atoms with Crippen molar-refractivity contribution in [2.75, 3.05) is 37.0 Å². The van der Waals surface area contributed by atoms with E-state index in [-0.39, 0.29) is 30.2 Å². The molecule has 1 aromatic heterocycles. The second kappa shape index (κ2) is 13.4. The van der Waals surface area contributed by atoms with Gasteiger partial charge in [-0.15, -0.1) is 0 Å². The van der Waals surface area contributed by atoms with Crippen LogP contribution in [0.1, 0.15) is 96.5 Å². The summed E-state index contributed by atoms with van der Waals surface area (Å²) in [4.78, 5) is 37.0. The summed E-state index contributed by atoms with van der Waals surface area (Å²) in [6, 6.07) is 10.1. The van der Waals surface area contributed by atoms with E-state index in [1.54, 1.807) is 16.9 Å². The SMILES string of the molecule is COC1CCC(n2c([C@@H]3CCCC(=O)N3c3ccc(F)c(F)c3)nc3cc(N(C)C4CCN(C(=O)OC(C)(C)C)CC4)ccc32)CC1. The average molecular weight is 652 g/mol. The number of piperidine rings is 2. The fraction of sp³-hybridized carbons (Fsp3) is 0.583. The summed E-state index contributed by atoms with van der Waals surface area (Å²) >= 11 is 0. The van der Waals surface area contributed by atoms with Gasteiger partial charge < -0.3 is 28.7 Å². The third-order valence-electron chi connectivity index (χ3n) is 10.0. The topological polar surface area (TPSA) is 80.1 Å². The number of methoxy groups -OCH3 is 1. The maximum Gasteiger partial charge on any atom is 0.410 e. The number of carbonyl (C=O) groups excluding carboxylic acids is 2. The third-order valence-corrected chi connectivity index (χ3v) is 10.0. The van der Waals surface area contributed by atoms with Gasteiger partial charge >= 0.3 is 6.09 Å². The lowest BCUT2D eigenvalue weighted by molar-refractivity contribution is -0.120. The number of amides is 2. The maximum absolute atomic E-state index is 14.4. The molecule has 47 heavy (non-hydrogen) atoms. The van der Waals surface area contributed by atoms with Crippen molar-refractivity contribution in [1.82, 2.24) is 14.5 Å². The number of likely N-dealkylation sites (tertiary alicyclic amines) is 1. The molecule has 3 heterocycles. The summed E-state index contributed by atoms with van der Waals surface area (Å²) < 4.78 is 41.9. The number of imidazole rings is 1. The van der Waals surface area contributed by atoms with Crippen LogP contribution < -0.4 is 9.80 Å². The fourth-order valence-corrected chi connectivity index (χ4v) is 7.53. The molecule has 3 aromatic rings. The van der Waals surface area contributed by atoms with Crippen molar-refractivity contribution in [3.05, 3.63) is 53.9 Å². The Labute approximate surface area is 275 Å². The molecular weight excluding hydrogens is 604 g/mol. The highest BCUT2D eigenvalue weighted by Gasteiger charge is 2.37. The van der Waals surface area contributed by atoms with Crippen LogP contribution in [-0.4, -0.2) is 71.4 Å². The summed E-state index contributed by atoms with van der Waals surface area (Å²) in [7, 11) is 3.85. The van der Waals surface area contributed by atoms with Gasteiger partial charge in [0.25, 0.3) is 0 Å². The van der Waals surface area contributed by atoms with Crippen LogP contribution in [0.4, 0.5) is 25.0 Å². The van der Waals surface area contributed by atoms with Crippen LogP contribution >= 0.6 is 0 Å². The van der Waals surface area contributed by atoms with Crippen LogP contribution in [0, 0.1) is 11.6 Å². The lowest BCUT2D eigenvalue weighted by atomic mass is 9.92. The number of carbonyl (C=O) groups is 2. The minimum atomic E-state index is -0.976. The number of rotatable bonds is 6. The van der Waals surface area contributed by atoms with Gasteiger partial charge in [-0.1, -0.05) is 0 Å². The van der Waals surface area contributed by atoms with Crippen molar-refractivity contribution in [2.45, 2.75) is 108 Å². The van der Waals surface area contributed by atoms with Crippen LogP contribution in [0.2, 0.25) is 0 Å². The van der Waals surface area contributed by atoms with Gasteiger partial charge in [0.1, 0.15) is 11.4 Å². The Hall–Kier alpha value is -3.73. The van der Waals surface area contributed by atoms with Crippen molar-refractivity contribution in [1.29, 1.82) is 0 Å². The van der Waals surface area contributed by atoms with E-state index in [2.05, 4.69) is 34.7 Å². The first-order chi connectivity index (χ1) is 22.4. The molecule has 2 aliphatic heterocycles. The first kappa shape index (κ1) is 33.2. The number of halogens is 2. The Morgan fingerprint density at radius 2 is 1.68 bits per heavy atom. The molecule has 2 saturated heterocycles. The van der Waals surface area contributed by atoms with Gasteiger partial charge in [-0.05, 0) is 102 Å². The fourth-order valence-electron chi connectivity index (χ4n) is 7.53. The zero-order valence-electron chi connectivity index (χ0n) is 28.2. The predicted octanol–water partition coefficient (Wildman–Crippen LogP) is 7.54. The van der Waals surface area contributed by atoms with Gasteiger partial charge in [0.15, 0.2) is 11.6 Å². The van der Waals surface area contributed by atoms with Crippen LogP contribution in [0.15, 0.2) is 36.4 Å². The predicted molar refractivity (Wildman–Crippen MR) is 178 cm³/mol. The van der Waals surface area contributed by atoms with E-state index < -0.39 is 23.3 Å². The molecule has 6 rings (SSSR count). The highest BCUT2D eigenvalue weighted by molar-refractivity contribution is 5.95. The molecule has 0 spiro atoms. The number of benzene rings is 2. The molecule has 1 atom stereocenters. The van der Waals surface area contributed by atoms with E-state index in [1.807, 2.05) is 20.8 Å². The number of hydrogen-bond acceptors (Lipinski definition) is 6. The van der Waals surface area contributed by atoms with E-state index in [0.717, 1.165) is 73.2 Å². The zero-order valence-corrected chi connectivity index (χ0v) is 28.2. The monoisotopic (exact) mass is 651 g/mol. The largest absolute Gasteiger partial charge is 0.444 e. The Kier molecular flexibility index (Phi) is 9.47. The molecule has 1 aliphatic carbocycles. The number of nitrogens with zero attached hydrogens (tertiary/aromatic N) is 5. The van der Waals surface area contributed by atoms with E-state index >= 15 is 0 Å². The molecule has 254 valence electrons. The van der Waals surface area contributed by atoms with E-state index in [9.17, 15) is 18.4 Å². The van der Waals surface area contributed by atoms with Crippen molar-refractivity contribution < 1.29 is 27.8 Å². The number of aromatic nitrogens is 2. The summed E-state index contributed by atoms with van der Waals surface area (Å²) in [5.41, 5.74) is 2.69. The van der Waals surface area contributed by atoms with Gasteiger partial charge in [0.05, 0.1) is 23.2 Å². The molecule has 11 heteroatoms.